The number of aromatic nitrogens is 4. The van der Waals surface area contributed by atoms with Crippen molar-refractivity contribution in [1.29, 1.82) is 0 Å². The van der Waals surface area contributed by atoms with Crippen molar-refractivity contribution in [3.63, 3.8) is 0 Å². The minimum absolute atomic E-state index is 0.0197. The minimum Gasteiger partial charge on any atom is -0.397 e. The number of nitrogens with two attached hydrogens (primary N) is 1. The highest BCUT2D eigenvalue weighted by molar-refractivity contribution is 5.83. The predicted molar refractivity (Wildman–Crippen MR) is 195 cm³/mol. The molecule has 5 aromatic rings. The van der Waals surface area contributed by atoms with Crippen molar-refractivity contribution in [2.45, 2.75) is 58.5 Å². The second kappa shape index (κ2) is 14.6. The average Bonchev–Trinajstić information content (AvgIpc) is 3.83. The summed E-state index contributed by atoms with van der Waals surface area (Å²) in [5.41, 5.74) is 15.5. The molecule has 6 rings (SSSR count). The predicted octanol–water partition coefficient (Wildman–Crippen LogP) is 6.18. The van der Waals surface area contributed by atoms with Crippen LogP contribution in [0.15, 0.2) is 70.5 Å². The van der Waals surface area contributed by atoms with Gasteiger partial charge >= 0.3 is 0 Å². The van der Waals surface area contributed by atoms with Gasteiger partial charge in [-0.1, -0.05) is 12.1 Å². The zero-order valence-corrected chi connectivity index (χ0v) is 29.3. The fraction of sp³-hybridized carbons (Fsp3) is 0.395. The first-order valence-electron chi connectivity index (χ1n) is 16.4. The Labute approximate surface area is 282 Å². The van der Waals surface area contributed by atoms with E-state index in [1.54, 1.807) is 37.4 Å². The van der Waals surface area contributed by atoms with Gasteiger partial charge in [-0.3, -0.25) is 9.59 Å². The molecule has 0 spiro atoms. The van der Waals surface area contributed by atoms with Crippen LogP contribution in [0.2, 0.25) is 0 Å². The molecule has 0 aliphatic heterocycles. The van der Waals surface area contributed by atoms with Gasteiger partial charge < -0.3 is 34.2 Å². The van der Waals surface area contributed by atoms with Gasteiger partial charge in [0.1, 0.15) is 5.82 Å². The number of ether oxygens (including phenoxy) is 2. The number of rotatable bonds is 10. The number of anilines is 2. The SMILES string of the molecule is COC[C@@H](C)Nc1cc(-c2cc(C)c(=O)n(C)c2)ccc1N.COC[C@@H](C)n1c(C2CC2)nc2ccc(-c3cc(C)c(=O)n(C)c3)cc21. The lowest BCUT2D eigenvalue weighted by molar-refractivity contribution is 0.162. The molecule has 3 N–H and O–H groups in total. The number of nitrogen functional groups attached to an aromatic ring is 1. The van der Waals surface area contributed by atoms with Crippen molar-refractivity contribution in [2.75, 3.05) is 38.5 Å². The number of nitrogens with zero attached hydrogens (tertiary/aromatic N) is 4. The summed E-state index contributed by atoms with van der Waals surface area (Å²) in [5.74, 6) is 1.75. The van der Waals surface area contributed by atoms with Crippen LogP contribution in [0, 0.1) is 13.8 Å². The number of imidazole rings is 1. The molecule has 3 aromatic heterocycles. The third-order valence-corrected chi connectivity index (χ3v) is 8.77. The maximum atomic E-state index is 12.0. The molecule has 2 aromatic carbocycles. The number of pyridine rings is 2. The van der Waals surface area contributed by atoms with E-state index in [0.717, 1.165) is 50.1 Å². The first-order chi connectivity index (χ1) is 22.9. The fourth-order valence-corrected chi connectivity index (χ4v) is 6.19. The van der Waals surface area contributed by atoms with Crippen LogP contribution in [0.1, 0.15) is 55.6 Å². The van der Waals surface area contributed by atoms with E-state index in [0.29, 0.717) is 24.8 Å². The Bertz CT molecular complexity index is 1990. The van der Waals surface area contributed by atoms with Crippen LogP contribution < -0.4 is 22.2 Å². The number of hydrogen-bond donors (Lipinski definition) is 2. The van der Waals surface area contributed by atoms with Crippen molar-refractivity contribution in [3.05, 3.63) is 98.6 Å². The van der Waals surface area contributed by atoms with Crippen molar-refractivity contribution in [1.82, 2.24) is 18.7 Å². The maximum Gasteiger partial charge on any atom is 0.253 e. The molecule has 0 saturated heterocycles. The lowest BCUT2D eigenvalue weighted by Gasteiger charge is -2.17. The number of benzene rings is 2. The minimum atomic E-state index is 0.0197. The average molecular weight is 653 g/mol. The third-order valence-electron chi connectivity index (χ3n) is 8.77. The van der Waals surface area contributed by atoms with Gasteiger partial charge in [-0.05, 0) is 99.2 Å². The van der Waals surface area contributed by atoms with Gasteiger partial charge in [-0.25, -0.2) is 4.98 Å². The first kappa shape index (κ1) is 34.7. The molecule has 0 radical (unpaired) electrons. The van der Waals surface area contributed by atoms with Gasteiger partial charge in [0.25, 0.3) is 11.1 Å². The Morgan fingerprint density at radius 3 is 1.94 bits per heavy atom. The molecule has 0 unspecified atom stereocenters. The molecular weight excluding hydrogens is 604 g/mol. The van der Waals surface area contributed by atoms with Gasteiger partial charge in [-0.15, -0.1) is 0 Å². The Kier molecular flexibility index (Phi) is 10.6. The summed E-state index contributed by atoms with van der Waals surface area (Å²) >= 11 is 0. The summed E-state index contributed by atoms with van der Waals surface area (Å²) in [5, 5.41) is 3.34. The molecule has 0 amide bonds. The zero-order chi connectivity index (χ0) is 34.7. The number of methoxy groups -OCH3 is 2. The summed E-state index contributed by atoms with van der Waals surface area (Å²) < 4.78 is 16.1. The quantitative estimate of drug-likeness (QED) is 0.173. The molecule has 10 nitrogen and oxygen atoms in total. The van der Waals surface area contributed by atoms with Crippen LogP contribution in [0.3, 0.4) is 0 Å². The van der Waals surface area contributed by atoms with Gasteiger partial charge in [0.2, 0.25) is 0 Å². The maximum absolute atomic E-state index is 12.0. The normalized spacial score (nSPS) is 14.0. The summed E-state index contributed by atoms with van der Waals surface area (Å²) in [6, 6.07) is 16.5. The van der Waals surface area contributed by atoms with Crippen LogP contribution in [0.25, 0.3) is 33.3 Å². The Morgan fingerprint density at radius 1 is 0.833 bits per heavy atom. The lowest BCUT2D eigenvalue weighted by Crippen LogP contribution is -2.21. The van der Waals surface area contributed by atoms with Crippen LogP contribution in [-0.2, 0) is 23.6 Å². The third kappa shape index (κ3) is 7.55. The van der Waals surface area contributed by atoms with Gasteiger partial charge in [0.05, 0.1) is 41.7 Å². The standard InChI is InChI=1S/C21H25N3O2.C17H23N3O2/c1-13-9-17(11-23(3)21(13)25)16-7-8-18-19(10-16)24(14(2)12-26-4)20(22-18)15-5-6-15;1-11-7-14(9-20(3)17(11)21)13-5-6-15(18)16(8-13)19-12(2)10-22-4/h7-11,14-15H,5-6,12H2,1-4H3;5-9,12,19H,10,18H2,1-4H3/t14-;12-/m11/s1. The second-order valence-electron chi connectivity index (χ2n) is 13.1. The molecule has 10 heteroatoms. The Balaban J connectivity index is 0.000000191. The molecule has 2 atom stereocenters. The van der Waals surface area contributed by atoms with E-state index in [2.05, 4.69) is 35.0 Å². The first-order valence-corrected chi connectivity index (χ1v) is 16.4. The highest BCUT2D eigenvalue weighted by Gasteiger charge is 2.31. The summed E-state index contributed by atoms with van der Waals surface area (Å²) in [6.45, 7) is 9.16. The van der Waals surface area contributed by atoms with E-state index in [4.69, 9.17) is 20.2 Å². The smallest absolute Gasteiger partial charge is 0.253 e. The molecule has 1 fully saturated rings. The molecule has 48 heavy (non-hydrogen) atoms. The van der Waals surface area contributed by atoms with Crippen LogP contribution in [-0.4, -0.2) is 52.2 Å². The van der Waals surface area contributed by atoms with E-state index in [1.807, 2.05) is 63.5 Å². The Morgan fingerprint density at radius 2 is 1.40 bits per heavy atom. The lowest BCUT2D eigenvalue weighted by atomic mass is 10.0. The van der Waals surface area contributed by atoms with Gasteiger partial charge in [0.15, 0.2) is 0 Å². The number of nitrogens with one attached hydrogen (secondary N) is 1. The van der Waals surface area contributed by atoms with Crippen molar-refractivity contribution < 1.29 is 9.47 Å². The van der Waals surface area contributed by atoms with Gasteiger partial charge in [0, 0.05) is 63.8 Å². The van der Waals surface area contributed by atoms with Crippen molar-refractivity contribution in [2.24, 2.45) is 14.1 Å². The molecule has 0 bridgehead atoms. The van der Waals surface area contributed by atoms with E-state index in [1.165, 1.54) is 18.7 Å². The molecule has 1 saturated carbocycles. The molecule has 1 aliphatic carbocycles. The molecule has 1 aliphatic rings. The van der Waals surface area contributed by atoms with Crippen LogP contribution >= 0.6 is 0 Å². The summed E-state index contributed by atoms with van der Waals surface area (Å²) in [4.78, 5) is 28.7. The zero-order valence-electron chi connectivity index (χ0n) is 29.3. The molecule has 3 heterocycles. The van der Waals surface area contributed by atoms with Gasteiger partial charge in [-0.2, -0.15) is 0 Å². The molecule has 254 valence electrons. The summed E-state index contributed by atoms with van der Waals surface area (Å²) in [7, 11) is 6.97. The fourth-order valence-electron chi connectivity index (χ4n) is 6.19. The summed E-state index contributed by atoms with van der Waals surface area (Å²) in [6.07, 6.45) is 6.17. The largest absolute Gasteiger partial charge is 0.397 e. The number of hydrogen-bond acceptors (Lipinski definition) is 7. The van der Waals surface area contributed by atoms with E-state index >= 15 is 0 Å². The number of fused-ring (bicyclic) bond motifs is 1. The highest BCUT2D eigenvalue weighted by Crippen LogP contribution is 2.42. The molecular formula is C38H48N6O4. The van der Waals surface area contributed by atoms with E-state index < -0.39 is 0 Å². The highest BCUT2D eigenvalue weighted by atomic mass is 16.5. The van der Waals surface area contributed by atoms with Crippen LogP contribution in [0.4, 0.5) is 11.4 Å². The van der Waals surface area contributed by atoms with E-state index in [-0.39, 0.29) is 23.2 Å². The second-order valence-corrected chi connectivity index (χ2v) is 13.1. The van der Waals surface area contributed by atoms with Crippen molar-refractivity contribution >= 4 is 22.4 Å². The monoisotopic (exact) mass is 652 g/mol. The Hall–Kier alpha value is -4.67. The van der Waals surface area contributed by atoms with Crippen LogP contribution in [0.5, 0.6) is 0 Å². The topological polar surface area (TPSA) is 118 Å². The van der Waals surface area contributed by atoms with E-state index in [9.17, 15) is 9.59 Å². The number of aryl methyl sites for hydroxylation is 4. The van der Waals surface area contributed by atoms with Crippen molar-refractivity contribution in [3.8, 4) is 22.3 Å².